The lowest BCUT2D eigenvalue weighted by molar-refractivity contribution is -0.0737. The molecule has 0 bridgehead atoms. The van der Waals surface area contributed by atoms with Crippen molar-refractivity contribution in [2.75, 3.05) is 13.2 Å². The van der Waals surface area contributed by atoms with E-state index in [2.05, 4.69) is 63.3 Å². The van der Waals surface area contributed by atoms with Crippen molar-refractivity contribution in [2.24, 2.45) is 0 Å². The van der Waals surface area contributed by atoms with E-state index in [1.54, 1.807) is 0 Å². The fraction of sp³-hybridized carbons (Fsp3) is 0.684. The molecule has 1 aromatic carbocycles. The third kappa shape index (κ3) is 5.44. The molecule has 1 atom stereocenters. The summed E-state index contributed by atoms with van der Waals surface area (Å²) in [6.45, 7) is 10.6. The molecular formula is C19H33NO. The first-order chi connectivity index (χ1) is 10.2. The summed E-state index contributed by atoms with van der Waals surface area (Å²) in [5.74, 6) is 0. The molecule has 0 aliphatic heterocycles. The number of hydrogen-bond donors (Lipinski definition) is 1. The van der Waals surface area contributed by atoms with Crippen LogP contribution in [0.1, 0.15) is 58.9 Å². The lowest BCUT2D eigenvalue weighted by Crippen LogP contribution is -2.52. The van der Waals surface area contributed by atoms with Gasteiger partial charge < -0.3 is 10.1 Å². The van der Waals surface area contributed by atoms with Crippen LogP contribution in [0.2, 0.25) is 0 Å². The molecule has 2 heteroatoms. The summed E-state index contributed by atoms with van der Waals surface area (Å²) in [6, 6.07) is 11.2. The molecule has 0 fully saturated rings. The van der Waals surface area contributed by atoms with Crippen LogP contribution in [0.4, 0.5) is 0 Å². The van der Waals surface area contributed by atoms with Gasteiger partial charge in [-0.05, 0) is 51.1 Å². The zero-order valence-electron chi connectivity index (χ0n) is 14.3. The van der Waals surface area contributed by atoms with Gasteiger partial charge in [-0.15, -0.1) is 0 Å². The van der Waals surface area contributed by atoms with Crippen LogP contribution < -0.4 is 5.32 Å². The van der Waals surface area contributed by atoms with Gasteiger partial charge in [-0.25, -0.2) is 0 Å². The first kappa shape index (κ1) is 18.2. The van der Waals surface area contributed by atoms with Crippen LogP contribution in [-0.4, -0.2) is 24.8 Å². The van der Waals surface area contributed by atoms with Gasteiger partial charge in [0.05, 0.1) is 5.60 Å². The molecule has 1 unspecified atom stereocenters. The lowest BCUT2D eigenvalue weighted by Gasteiger charge is -2.40. The Kier molecular flexibility index (Phi) is 8.63. The number of likely N-dealkylation sites (N-methyl/N-ethyl adjacent to an activating group) is 1. The summed E-state index contributed by atoms with van der Waals surface area (Å²) in [4.78, 5) is 0. The van der Waals surface area contributed by atoms with Gasteiger partial charge >= 0.3 is 0 Å². The zero-order chi connectivity index (χ0) is 15.6. The van der Waals surface area contributed by atoms with E-state index in [1.165, 1.54) is 18.4 Å². The highest BCUT2D eigenvalue weighted by Gasteiger charge is 2.35. The summed E-state index contributed by atoms with van der Waals surface area (Å²) in [5, 5.41) is 3.67. The molecule has 0 radical (unpaired) electrons. The quantitative estimate of drug-likeness (QED) is 0.644. The van der Waals surface area contributed by atoms with Crippen LogP contribution in [-0.2, 0) is 11.2 Å². The Hall–Kier alpha value is -0.860. The van der Waals surface area contributed by atoms with E-state index in [4.69, 9.17) is 4.74 Å². The van der Waals surface area contributed by atoms with Crippen molar-refractivity contribution in [1.82, 2.24) is 5.32 Å². The maximum absolute atomic E-state index is 6.18. The maximum atomic E-state index is 6.18. The number of ether oxygens (including phenoxy) is 1. The Morgan fingerprint density at radius 3 is 2.24 bits per heavy atom. The fourth-order valence-electron chi connectivity index (χ4n) is 3.29. The number of hydrogen-bond acceptors (Lipinski definition) is 2. The molecular weight excluding hydrogens is 258 g/mol. The molecule has 120 valence electrons. The van der Waals surface area contributed by atoms with Gasteiger partial charge in [0.25, 0.3) is 0 Å². The Bertz CT molecular complexity index is 359. The molecule has 0 heterocycles. The molecule has 1 N–H and O–H groups in total. The average molecular weight is 291 g/mol. The SMILES string of the molecule is CCNC(CCCc1ccccc1)C(CC)(CC)OCC. The number of rotatable bonds is 11. The molecule has 0 spiro atoms. The number of nitrogens with one attached hydrogen (secondary N) is 1. The van der Waals surface area contributed by atoms with Crippen LogP contribution in [0.5, 0.6) is 0 Å². The second-order valence-electron chi connectivity index (χ2n) is 5.69. The minimum absolute atomic E-state index is 0.0125. The first-order valence-corrected chi connectivity index (χ1v) is 8.63. The van der Waals surface area contributed by atoms with E-state index in [1.807, 2.05) is 0 Å². The van der Waals surface area contributed by atoms with Gasteiger partial charge in [-0.3, -0.25) is 0 Å². The zero-order valence-corrected chi connectivity index (χ0v) is 14.3. The van der Waals surface area contributed by atoms with E-state index < -0.39 is 0 Å². The summed E-state index contributed by atoms with van der Waals surface area (Å²) < 4.78 is 6.18. The predicted octanol–water partition coefficient (Wildman–Crippen LogP) is 4.58. The molecule has 0 saturated carbocycles. The molecule has 2 nitrogen and oxygen atoms in total. The van der Waals surface area contributed by atoms with Crippen molar-refractivity contribution in [3.05, 3.63) is 35.9 Å². The van der Waals surface area contributed by atoms with Crippen molar-refractivity contribution in [2.45, 2.75) is 71.4 Å². The smallest absolute Gasteiger partial charge is 0.0829 e. The van der Waals surface area contributed by atoms with Crippen LogP contribution in [0, 0.1) is 0 Å². The van der Waals surface area contributed by atoms with Gasteiger partial charge in [0.15, 0.2) is 0 Å². The van der Waals surface area contributed by atoms with Crippen molar-refractivity contribution in [3.63, 3.8) is 0 Å². The highest BCUT2D eigenvalue weighted by molar-refractivity contribution is 5.14. The second kappa shape index (κ2) is 9.97. The summed E-state index contributed by atoms with van der Waals surface area (Å²) >= 11 is 0. The summed E-state index contributed by atoms with van der Waals surface area (Å²) in [6.07, 6.45) is 5.67. The highest BCUT2D eigenvalue weighted by Crippen LogP contribution is 2.28. The standard InChI is InChI=1S/C19H33NO/c1-5-19(6-2,21-8-4)18(20-7-3)16-12-15-17-13-10-9-11-14-17/h9-11,13-14,18,20H,5-8,12,15-16H2,1-4H3. The van der Waals surface area contributed by atoms with Crippen molar-refractivity contribution < 1.29 is 4.74 Å². The number of benzene rings is 1. The van der Waals surface area contributed by atoms with Crippen molar-refractivity contribution in [3.8, 4) is 0 Å². The largest absolute Gasteiger partial charge is 0.374 e. The van der Waals surface area contributed by atoms with E-state index >= 15 is 0 Å². The average Bonchev–Trinajstić information content (AvgIpc) is 2.53. The van der Waals surface area contributed by atoms with Crippen LogP contribution in [0.3, 0.4) is 0 Å². The normalized spacial score (nSPS) is 13.3. The van der Waals surface area contributed by atoms with Gasteiger partial charge in [-0.2, -0.15) is 0 Å². The highest BCUT2D eigenvalue weighted by atomic mass is 16.5. The van der Waals surface area contributed by atoms with Gasteiger partial charge in [0.2, 0.25) is 0 Å². The molecule has 0 saturated heterocycles. The van der Waals surface area contributed by atoms with Crippen LogP contribution in [0.25, 0.3) is 0 Å². The Balaban J connectivity index is 2.62. The van der Waals surface area contributed by atoms with Crippen molar-refractivity contribution in [1.29, 1.82) is 0 Å². The molecule has 0 aliphatic carbocycles. The second-order valence-corrected chi connectivity index (χ2v) is 5.69. The number of aryl methyl sites for hydroxylation is 1. The third-order valence-corrected chi connectivity index (χ3v) is 4.52. The van der Waals surface area contributed by atoms with Crippen LogP contribution >= 0.6 is 0 Å². The molecule has 21 heavy (non-hydrogen) atoms. The van der Waals surface area contributed by atoms with Crippen molar-refractivity contribution >= 4 is 0 Å². The monoisotopic (exact) mass is 291 g/mol. The van der Waals surface area contributed by atoms with Gasteiger partial charge in [-0.1, -0.05) is 51.1 Å². The molecule has 1 aromatic rings. The van der Waals surface area contributed by atoms with Gasteiger partial charge in [0.1, 0.15) is 0 Å². The predicted molar refractivity (Wildman–Crippen MR) is 91.8 cm³/mol. The van der Waals surface area contributed by atoms with E-state index in [-0.39, 0.29) is 5.60 Å². The minimum Gasteiger partial charge on any atom is -0.374 e. The maximum Gasteiger partial charge on any atom is 0.0829 e. The Morgan fingerprint density at radius 1 is 1.05 bits per heavy atom. The first-order valence-electron chi connectivity index (χ1n) is 8.63. The summed E-state index contributed by atoms with van der Waals surface area (Å²) in [7, 11) is 0. The molecule has 0 aromatic heterocycles. The summed E-state index contributed by atoms with van der Waals surface area (Å²) in [5.41, 5.74) is 1.42. The molecule has 1 rings (SSSR count). The molecule has 0 amide bonds. The third-order valence-electron chi connectivity index (χ3n) is 4.52. The fourth-order valence-corrected chi connectivity index (χ4v) is 3.29. The molecule has 0 aliphatic rings. The lowest BCUT2D eigenvalue weighted by atomic mass is 9.84. The van der Waals surface area contributed by atoms with Crippen LogP contribution in [0.15, 0.2) is 30.3 Å². The van der Waals surface area contributed by atoms with E-state index in [0.717, 1.165) is 32.4 Å². The minimum atomic E-state index is -0.0125. The van der Waals surface area contributed by atoms with Gasteiger partial charge in [0, 0.05) is 12.6 Å². The van der Waals surface area contributed by atoms with E-state index in [0.29, 0.717) is 6.04 Å². The topological polar surface area (TPSA) is 21.3 Å². The van der Waals surface area contributed by atoms with E-state index in [9.17, 15) is 0 Å². The Morgan fingerprint density at radius 2 is 1.71 bits per heavy atom. The Labute approximate surface area is 131 Å².